The minimum atomic E-state index is 0.564. The molecule has 0 aliphatic heterocycles. The number of imidazole rings is 1. The van der Waals surface area contributed by atoms with Crippen LogP contribution in [0.2, 0.25) is 0 Å². The Balaban J connectivity index is 2.62. The summed E-state index contributed by atoms with van der Waals surface area (Å²) in [5, 5.41) is 0. The highest BCUT2D eigenvalue weighted by atomic mass is 16.1. The molecular weight excluding hydrogens is 178 g/mol. The Bertz CT molecular complexity index is 462. The fourth-order valence-electron chi connectivity index (χ4n) is 1.30. The Labute approximate surface area is 81.2 Å². The van der Waals surface area contributed by atoms with Crippen molar-refractivity contribution in [1.29, 1.82) is 0 Å². The number of carbonyl (C=O) groups excluding carboxylic acids is 1. The average Bonchev–Trinajstić information content (AvgIpc) is 2.64. The van der Waals surface area contributed by atoms with E-state index in [0.29, 0.717) is 11.4 Å². The van der Waals surface area contributed by atoms with Gasteiger partial charge in [0.15, 0.2) is 6.29 Å². The monoisotopic (exact) mass is 187 g/mol. The van der Waals surface area contributed by atoms with Crippen molar-refractivity contribution in [2.45, 2.75) is 6.92 Å². The molecule has 4 heteroatoms. The number of aryl methyl sites for hydroxylation is 1. The van der Waals surface area contributed by atoms with Crippen molar-refractivity contribution < 1.29 is 4.79 Å². The van der Waals surface area contributed by atoms with E-state index in [-0.39, 0.29) is 0 Å². The van der Waals surface area contributed by atoms with E-state index in [1.807, 2.05) is 6.92 Å². The number of hydrogen-bond donors (Lipinski definition) is 0. The van der Waals surface area contributed by atoms with Gasteiger partial charge in [0.2, 0.25) is 0 Å². The number of carbonyl (C=O) groups is 1. The van der Waals surface area contributed by atoms with Crippen molar-refractivity contribution >= 4 is 6.29 Å². The van der Waals surface area contributed by atoms with E-state index >= 15 is 0 Å². The van der Waals surface area contributed by atoms with Crippen LogP contribution in [-0.2, 0) is 0 Å². The van der Waals surface area contributed by atoms with E-state index < -0.39 is 0 Å². The number of aldehydes is 1. The first kappa shape index (κ1) is 8.62. The summed E-state index contributed by atoms with van der Waals surface area (Å²) in [6.45, 7) is 1.86. The van der Waals surface area contributed by atoms with Crippen LogP contribution in [0, 0.1) is 6.92 Å². The van der Waals surface area contributed by atoms with Gasteiger partial charge in [-0.1, -0.05) is 0 Å². The summed E-state index contributed by atoms with van der Waals surface area (Å²) in [6, 6.07) is 3.47. The van der Waals surface area contributed by atoms with Crippen LogP contribution in [0.3, 0.4) is 0 Å². The van der Waals surface area contributed by atoms with Gasteiger partial charge in [0.1, 0.15) is 11.6 Å². The number of rotatable bonds is 2. The third kappa shape index (κ3) is 1.31. The first-order valence-electron chi connectivity index (χ1n) is 4.23. The summed E-state index contributed by atoms with van der Waals surface area (Å²) < 4.78 is 1.78. The van der Waals surface area contributed by atoms with E-state index in [4.69, 9.17) is 0 Å². The molecule has 0 bridgehead atoms. The molecule has 2 aromatic rings. The molecule has 0 atom stereocenters. The second kappa shape index (κ2) is 3.41. The van der Waals surface area contributed by atoms with Crippen molar-refractivity contribution in [2.24, 2.45) is 0 Å². The molecule has 4 nitrogen and oxygen atoms in total. The van der Waals surface area contributed by atoms with E-state index in [0.717, 1.165) is 12.1 Å². The molecule has 0 N–H and O–H groups in total. The SMILES string of the molecule is Cc1nccn1-c1ncccc1C=O. The fraction of sp³-hybridized carbons (Fsp3) is 0.100. The summed E-state index contributed by atoms with van der Waals surface area (Å²) >= 11 is 0. The third-order valence-corrected chi connectivity index (χ3v) is 2.00. The lowest BCUT2D eigenvalue weighted by atomic mass is 10.3. The highest BCUT2D eigenvalue weighted by Crippen LogP contribution is 2.10. The second-order valence-corrected chi connectivity index (χ2v) is 2.88. The molecule has 0 spiro atoms. The lowest BCUT2D eigenvalue weighted by Gasteiger charge is -2.05. The predicted molar refractivity (Wildman–Crippen MR) is 51.5 cm³/mol. The molecule has 0 aliphatic carbocycles. The smallest absolute Gasteiger partial charge is 0.153 e. The minimum Gasteiger partial charge on any atom is -0.298 e. The van der Waals surface area contributed by atoms with Gasteiger partial charge in [-0.2, -0.15) is 0 Å². The van der Waals surface area contributed by atoms with E-state index in [9.17, 15) is 4.79 Å². The molecule has 0 fully saturated rings. The van der Waals surface area contributed by atoms with E-state index in [1.165, 1.54) is 0 Å². The number of nitrogens with zero attached hydrogens (tertiary/aromatic N) is 3. The molecule has 2 heterocycles. The third-order valence-electron chi connectivity index (χ3n) is 2.00. The maximum Gasteiger partial charge on any atom is 0.153 e. The van der Waals surface area contributed by atoms with Gasteiger partial charge < -0.3 is 0 Å². The molecule has 2 rings (SSSR count). The predicted octanol–water partition coefficient (Wildman–Crippen LogP) is 1.39. The van der Waals surface area contributed by atoms with Gasteiger partial charge in [0, 0.05) is 18.6 Å². The molecule has 0 radical (unpaired) electrons. The van der Waals surface area contributed by atoms with Crippen molar-refractivity contribution in [3.05, 3.63) is 42.1 Å². The van der Waals surface area contributed by atoms with Gasteiger partial charge in [0.05, 0.1) is 5.56 Å². The lowest BCUT2D eigenvalue weighted by molar-refractivity contribution is 0.112. The Hall–Kier alpha value is -1.97. The van der Waals surface area contributed by atoms with Gasteiger partial charge in [-0.3, -0.25) is 9.36 Å². The van der Waals surface area contributed by atoms with Gasteiger partial charge >= 0.3 is 0 Å². The van der Waals surface area contributed by atoms with Crippen molar-refractivity contribution in [3.63, 3.8) is 0 Å². The van der Waals surface area contributed by atoms with E-state index in [1.54, 1.807) is 35.3 Å². The van der Waals surface area contributed by atoms with Crippen LogP contribution in [0.1, 0.15) is 16.2 Å². The summed E-state index contributed by atoms with van der Waals surface area (Å²) in [7, 11) is 0. The zero-order valence-corrected chi connectivity index (χ0v) is 7.71. The first-order chi connectivity index (χ1) is 6.83. The van der Waals surface area contributed by atoms with Crippen LogP contribution in [0.15, 0.2) is 30.7 Å². The average molecular weight is 187 g/mol. The maximum atomic E-state index is 10.8. The fourth-order valence-corrected chi connectivity index (χ4v) is 1.30. The van der Waals surface area contributed by atoms with Crippen LogP contribution in [0.25, 0.3) is 5.82 Å². The Kier molecular flexibility index (Phi) is 2.10. The summed E-state index contributed by atoms with van der Waals surface area (Å²) in [5.74, 6) is 1.43. The highest BCUT2D eigenvalue weighted by molar-refractivity contribution is 5.79. The topological polar surface area (TPSA) is 47.8 Å². The van der Waals surface area contributed by atoms with Crippen LogP contribution >= 0.6 is 0 Å². The van der Waals surface area contributed by atoms with Gasteiger partial charge in [-0.15, -0.1) is 0 Å². The van der Waals surface area contributed by atoms with Crippen LogP contribution in [0.4, 0.5) is 0 Å². The maximum absolute atomic E-state index is 10.8. The summed E-state index contributed by atoms with van der Waals surface area (Å²) in [4.78, 5) is 19.0. The molecule has 0 amide bonds. The molecule has 0 saturated carbocycles. The van der Waals surface area contributed by atoms with Crippen molar-refractivity contribution in [2.75, 3.05) is 0 Å². The van der Waals surface area contributed by atoms with Crippen LogP contribution < -0.4 is 0 Å². The standard InChI is InChI=1S/C10H9N3O/c1-8-11-5-6-13(8)10-9(7-14)3-2-4-12-10/h2-7H,1H3. The van der Waals surface area contributed by atoms with Crippen LogP contribution in [0.5, 0.6) is 0 Å². The molecule has 0 aliphatic rings. The quantitative estimate of drug-likeness (QED) is 0.667. The minimum absolute atomic E-state index is 0.564. The molecule has 0 saturated heterocycles. The lowest BCUT2D eigenvalue weighted by Crippen LogP contribution is -2.02. The van der Waals surface area contributed by atoms with Crippen molar-refractivity contribution in [3.8, 4) is 5.82 Å². The first-order valence-corrected chi connectivity index (χ1v) is 4.23. The summed E-state index contributed by atoms with van der Waals surface area (Å²) in [5.41, 5.74) is 0.564. The van der Waals surface area contributed by atoms with E-state index in [2.05, 4.69) is 9.97 Å². The molecule has 0 aromatic carbocycles. The Morgan fingerprint density at radius 1 is 1.36 bits per heavy atom. The molecular formula is C10H9N3O. The largest absolute Gasteiger partial charge is 0.298 e. The number of hydrogen-bond acceptors (Lipinski definition) is 3. The normalized spacial score (nSPS) is 10.1. The van der Waals surface area contributed by atoms with Gasteiger partial charge in [-0.25, -0.2) is 9.97 Å². The Morgan fingerprint density at radius 3 is 2.86 bits per heavy atom. The number of pyridine rings is 1. The highest BCUT2D eigenvalue weighted by Gasteiger charge is 2.06. The van der Waals surface area contributed by atoms with Crippen LogP contribution in [-0.4, -0.2) is 20.8 Å². The zero-order chi connectivity index (χ0) is 9.97. The molecule has 0 unspecified atom stereocenters. The molecule has 14 heavy (non-hydrogen) atoms. The summed E-state index contributed by atoms with van der Waals surface area (Å²) in [6.07, 6.45) is 5.91. The van der Waals surface area contributed by atoms with Gasteiger partial charge in [-0.05, 0) is 19.1 Å². The molecule has 70 valence electrons. The van der Waals surface area contributed by atoms with Gasteiger partial charge in [0.25, 0.3) is 0 Å². The van der Waals surface area contributed by atoms with Crippen molar-refractivity contribution in [1.82, 2.24) is 14.5 Å². The number of aromatic nitrogens is 3. The molecule has 2 aromatic heterocycles. The zero-order valence-electron chi connectivity index (χ0n) is 7.71. The Morgan fingerprint density at radius 2 is 2.21 bits per heavy atom. The second-order valence-electron chi connectivity index (χ2n) is 2.88.